The Morgan fingerprint density at radius 3 is 1.25 bits per heavy atom. The lowest BCUT2D eigenvalue weighted by Gasteiger charge is -1.97. The van der Waals surface area contributed by atoms with Crippen LogP contribution in [0.4, 0.5) is 0 Å². The zero-order valence-corrected chi connectivity index (χ0v) is 31.3. The summed E-state index contributed by atoms with van der Waals surface area (Å²) in [4.78, 5) is 4.95. The van der Waals surface area contributed by atoms with E-state index in [9.17, 15) is 0 Å². The molecule has 0 fully saturated rings. The van der Waals surface area contributed by atoms with E-state index in [1.165, 1.54) is 76.8 Å². The lowest BCUT2D eigenvalue weighted by atomic mass is 10.2. The van der Waals surface area contributed by atoms with E-state index in [0.29, 0.717) is 0 Å². The van der Waals surface area contributed by atoms with Crippen LogP contribution in [0.1, 0.15) is 11.5 Å². The maximum absolute atomic E-state index is 5.95. The van der Waals surface area contributed by atoms with Crippen molar-refractivity contribution in [3.05, 3.63) is 53.7 Å². The van der Waals surface area contributed by atoms with Crippen LogP contribution in [0, 0.1) is 13.8 Å². The monoisotopic (exact) mass is 886 g/mol. The molecular formula is C28H10Br4O2S6. The molecule has 0 aliphatic heterocycles. The van der Waals surface area contributed by atoms with Gasteiger partial charge in [-0.05, 0) is 102 Å². The molecule has 0 N–H and O–H groups in total. The first-order valence-electron chi connectivity index (χ1n) is 11.8. The molecule has 0 radical (unpaired) electrons. The van der Waals surface area contributed by atoms with Gasteiger partial charge in [0, 0.05) is 20.2 Å². The Labute approximate surface area is 283 Å². The van der Waals surface area contributed by atoms with Gasteiger partial charge in [-0.2, -0.15) is 0 Å². The van der Waals surface area contributed by atoms with Crippen LogP contribution in [0.15, 0.2) is 51.0 Å². The number of rotatable bonds is 2. The number of benzene rings is 1. The molecule has 0 saturated heterocycles. The van der Waals surface area contributed by atoms with Crippen molar-refractivity contribution in [2.24, 2.45) is 0 Å². The summed E-state index contributed by atoms with van der Waals surface area (Å²) in [6, 6.07) is 9.03. The fraction of sp³-hybridized carbons (Fsp3) is 0.0714. The molecule has 8 aromatic heterocycles. The standard InChI is InChI=1S/C28H10Br4O2S6/c1-7-3-13-19(33-7)15(29)23(37-13)27-17(31)25-21(39-27)9-5-12-10(6-11(9)35-25)22-26(36-12)18(32)28(40-22)24-16(30)20-14(38-24)4-8(2)34-20/h3-6H,1-2H3. The van der Waals surface area contributed by atoms with Crippen LogP contribution in [0.5, 0.6) is 0 Å². The molecule has 12 heteroatoms. The third-order valence-electron chi connectivity index (χ3n) is 6.89. The van der Waals surface area contributed by atoms with E-state index in [2.05, 4.69) is 88.0 Å². The van der Waals surface area contributed by atoms with Crippen molar-refractivity contribution in [1.82, 2.24) is 0 Å². The highest BCUT2D eigenvalue weighted by Crippen LogP contribution is 2.57. The lowest BCUT2D eigenvalue weighted by molar-refractivity contribution is 0.577. The van der Waals surface area contributed by atoms with E-state index in [4.69, 9.17) is 8.83 Å². The van der Waals surface area contributed by atoms with Crippen LogP contribution >= 0.6 is 132 Å². The summed E-state index contributed by atoms with van der Waals surface area (Å²) in [5.41, 5.74) is 1.88. The van der Waals surface area contributed by atoms with E-state index in [-0.39, 0.29) is 0 Å². The summed E-state index contributed by atoms with van der Waals surface area (Å²) < 4.78 is 26.6. The number of thiophene rings is 6. The Bertz CT molecular complexity index is 2350. The summed E-state index contributed by atoms with van der Waals surface area (Å²) in [6.45, 7) is 3.99. The molecule has 0 aliphatic rings. The minimum atomic E-state index is 0.939. The zero-order valence-electron chi connectivity index (χ0n) is 20.1. The Balaban J connectivity index is 1.22. The normalized spacial score (nSPS) is 12.8. The van der Waals surface area contributed by atoms with E-state index in [0.717, 1.165) is 31.6 Å². The molecule has 0 atom stereocenters. The van der Waals surface area contributed by atoms with Gasteiger partial charge in [0.2, 0.25) is 0 Å². The van der Waals surface area contributed by atoms with Crippen molar-refractivity contribution in [1.29, 1.82) is 0 Å². The molecular weight excluding hydrogens is 880 g/mol. The van der Waals surface area contributed by atoms with Crippen molar-refractivity contribution in [3.63, 3.8) is 0 Å². The topological polar surface area (TPSA) is 26.3 Å². The SMILES string of the molecule is Cc1cc2sc(-c3sc4c(sc5cc6c(cc54)sc4c(Br)c(-c5sc7cc(C)oc7c5Br)sc46)c3Br)c(Br)c2o1. The summed E-state index contributed by atoms with van der Waals surface area (Å²) in [5, 5.41) is 2.66. The molecule has 1 aromatic carbocycles. The van der Waals surface area contributed by atoms with Crippen molar-refractivity contribution in [3.8, 4) is 19.5 Å². The quantitative estimate of drug-likeness (QED) is 0.173. The van der Waals surface area contributed by atoms with E-state index in [1.807, 2.05) is 59.2 Å². The Morgan fingerprint density at radius 2 is 0.850 bits per heavy atom. The number of halogens is 4. The smallest absolute Gasteiger partial charge is 0.159 e. The average molecular weight is 890 g/mol. The molecule has 0 bridgehead atoms. The first kappa shape index (κ1) is 25.9. The van der Waals surface area contributed by atoms with Gasteiger partial charge in [0.15, 0.2) is 11.2 Å². The second-order valence-electron chi connectivity index (χ2n) is 9.45. The largest absolute Gasteiger partial charge is 0.459 e. The molecule has 0 spiro atoms. The molecule has 8 heterocycles. The molecule has 40 heavy (non-hydrogen) atoms. The molecule has 2 nitrogen and oxygen atoms in total. The van der Waals surface area contributed by atoms with Gasteiger partial charge in [0.05, 0.1) is 65.6 Å². The van der Waals surface area contributed by atoms with Crippen LogP contribution in [-0.4, -0.2) is 0 Å². The van der Waals surface area contributed by atoms with Crippen LogP contribution < -0.4 is 0 Å². The van der Waals surface area contributed by atoms with Crippen molar-refractivity contribution in [2.75, 3.05) is 0 Å². The van der Waals surface area contributed by atoms with Crippen molar-refractivity contribution < 1.29 is 8.83 Å². The predicted octanol–water partition coefficient (Wildman–Crippen LogP) is 15.2. The van der Waals surface area contributed by atoms with E-state index >= 15 is 0 Å². The van der Waals surface area contributed by atoms with E-state index in [1.54, 1.807) is 22.7 Å². The van der Waals surface area contributed by atoms with Gasteiger partial charge in [-0.3, -0.25) is 0 Å². The first-order valence-corrected chi connectivity index (χ1v) is 19.9. The number of aryl methyl sites for hydroxylation is 2. The average Bonchev–Trinajstić information content (AvgIpc) is 3.77. The van der Waals surface area contributed by atoms with Gasteiger partial charge >= 0.3 is 0 Å². The van der Waals surface area contributed by atoms with Crippen molar-refractivity contribution in [2.45, 2.75) is 13.8 Å². The van der Waals surface area contributed by atoms with Crippen LogP contribution in [0.25, 0.3) is 79.0 Å². The maximum Gasteiger partial charge on any atom is 0.159 e. The molecule has 0 unspecified atom stereocenters. The maximum atomic E-state index is 5.95. The molecule has 0 amide bonds. The third-order valence-corrected chi connectivity index (χ3v) is 19.2. The zero-order chi connectivity index (χ0) is 27.2. The molecule has 198 valence electrons. The summed E-state index contributed by atoms with van der Waals surface area (Å²) in [5.74, 6) is 1.88. The Kier molecular flexibility index (Phi) is 5.83. The summed E-state index contributed by atoms with van der Waals surface area (Å²) in [6.07, 6.45) is 0. The summed E-state index contributed by atoms with van der Waals surface area (Å²) in [7, 11) is 0. The van der Waals surface area contributed by atoms with Gasteiger partial charge in [-0.25, -0.2) is 0 Å². The fourth-order valence-electron chi connectivity index (χ4n) is 5.17. The van der Waals surface area contributed by atoms with E-state index < -0.39 is 0 Å². The number of hydrogen-bond acceptors (Lipinski definition) is 8. The van der Waals surface area contributed by atoms with Crippen LogP contribution in [0.3, 0.4) is 0 Å². The Hall–Kier alpha value is -0.540. The minimum Gasteiger partial charge on any atom is -0.459 e. The highest BCUT2D eigenvalue weighted by Gasteiger charge is 2.26. The molecule has 0 saturated carbocycles. The lowest BCUT2D eigenvalue weighted by Crippen LogP contribution is -1.68. The molecule has 9 rings (SSSR count). The fourth-order valence-corrected chi connectivity index (χ4v) is 17.1. The first-order chi connectivity index (χ1) is 19.3. The number of hydrogen-bond donors (Lipinski definition) is 0. The second kappa shape index (κ2) is 8.99. The highest BCUT2D eigenvalue weighted by atomic mass is 79.9. The molecule has 9 aromatic rings. The minimum absolute atomic E-state index is 0.939. The van der Waals surface area contributed by atoms with Crippen LogP contribution in [-0.2, 0) is 0 Å². The van der Waals surface area contributed by atoms with Crippen LogP contribution in [0.2, 0.25) is 0 Å². The highest BCUT2D eigenvalue weighted by molar-refractivity contribution is 9.11. The third kappa shape index (κ3) is 3.49. The molecule has 0 aliphatic carbocycles. The summed E-state index contributed by atoms with van der Waals surface area (Å²) >= 11 is 26.6. The van der Waals surface area contributed by atoms with Gasteiger partial charge in [-0.15, -0.1) is 68.0 Å². The van der Waals surface area contributed by atoms with Gasteiger partial charge < -0.3 is 8.83 Å². The predicted molar refractivity (Wildman–Crippen MR) is 194 cm³/mol. The van der Waals surface area contributed by atoms with Gasteiger partial charge in [0.25, 0.3) is 0 Å². The van der Waals surface area contributed by atoms with Gasteiger partial charge in [0.1, 0.15) is 11.5 Å². The van der Waals surface area contributed by atoms with Gasteiger partial charge in [-0.1, -0.05) is 0 Å². The number of fused-ring (bicyclic) bond motifs is 8. The Morgan fingerprint density at radius 1 is 0.450 bits per heavy atom. The second-order valence-corrected chi connectivity index (χ2v) is 18.9. The van der Waals surface area contributed by atoms with Crippen molar-refractivity contribution >= 4 is 191 Å². The number of furan rings is 2.